The van der Waals surface area contributed by atoms with Gasteiger partial charge in [-0.15, -0.1) is 0 Å². The lowest BCUT2D eigenvalue weighted by Gasteiger charge is -2.37. The second kappa shape index (κ2) is 8.49. The van der Waals surface area contributed by atoms with Crippen LogP contribution in [-0.2, 0) is 20.9 Å². The van der Waals surface area contributed by atoms with E-state index in [0.717, 1.165) is 24.5 Å². The summed E-state index contributed by atoms with van der Waals surface area (Å²) in [6.45, 7) is 2.73. The fourth-order valence-electron chi connectivity index (χ4n) is 3.59. The lowest BCUT2D eigenvalue weighted by Crippen LogP contribution is -2.55. The van der Waals surface area contributed by atoms with Crippen molar-refractivity contribution in [2.45, 2.75) is 24.9 Å². The van der Waals surface area contributed by atoms with Gasteiger partial charge in [-0.1, -0.05) is 30.3 Å². The summed E-state index contributed by atoms with van der Waals surface area (Å²) in [5.74, 6) is -0.664. The Morgan fingerprint density at radius 1 is 1.22 bits per heavy atom. The number of urea groups is 1. The molecule has 3 rings (SSSR count). The molecule has 1 aromatic carbocycles. The van der Waals surface area contributed by atoms with E-state index in [1.165, 1.54) is 12.7 Å². The molecular weight excluding hydrogens is 348 g/mol. The summed E-state index contributed by atoms with van der Waals surface area (Å²) in [4.78, 5) is 40.4. The number of methoxy groups -OCH3 is 1. The zero-order chi connectivity index (χ0) is 19.3. The summed E-state index contributed by atoms with van der Waals surface area (Å²) in [5.41, 5.74) is 0.349. The van der Waals surface area contributed by atoms with E-state index >= 15 is 0 Å². The van der Waals surface area contributed by atoms with Gasteiger partial charge in [0.15, 0.2) is 0 Å². The Balaban J connectivity index is 1.54. The van der Waals surface area contributed by atoms with E-state index in [4.69, 9.17) is 4.74 Å². The molecule has 0 saturated carbocycles. The van der Waals surface area contributed by atoms with Crippen molar-refractivity contribution < 1.29 is 19.1 Å². The van der Waals surface area contributed by atoms with Gasteiger partial charge in [0.2, 0.25) is 5.91 Å². The van der Waals surface area contributed by atoms with Gasteiger partial charge < -0.3 is 15.4 Å². The molecule has 8 heteroatoms. The maximum Gasteiger partial charge on any atom is 0.325 e. The predicted octanol–water partition coefficient (Wildman–Crippen LogP) is 0.336. The average molecular weight is 374 g/mol. The number of nitrogens with zero attached hydrogens (tertiary/aromatic N) is 2. The Morgan fingerprint density at radius 3 is 2.59 bits per heavy atom. The van der Waals surface area contributed by atoms with Crippen molar-refractivity contribution in [1.29, 1.82) is 0 Å². The number of hydrogen-bond acceptors (Lipinski definition) is 5. The third kappa shape index (κ3) is 4.45. The molecule has 0 unspecified atom stereocenters. The van der Waals surface area contributed by atoms with Gasteiger partial charge in [0.1, 0.15) is 12.1 Å². The maximum absolute atomic E-state index is 12.8. The molecule has 2 fully saturated rings. The van der Waals surface area contributed by atoms with Crippen molar-refractivity contribution in [3.05, 3.63) is 35.9 Å². The number of ether oxygens (including phenoxy) is 1. The number of imide groups is 1. The second-order valence-electron chi connectivity index (χ2n) is 7.01. The Labute approximate surface area is 158 Å². The largest absolute Gasteiger partial charge is 0.383 e. The van der Waals surface area contributed by atoms with Crippen molar-refractivity contribution in [2.24, 2.45) is 0 Å². The molecule has 1 aromatic rings. The Morgan fingerprint density at radius 2 is 1.93 bits per heavy atom. The number of amides is 4. The number of carbonyl (C=O) groups excluding carboxylic acids is 3. The van der Waals surface area contributed by atoms with Gasteiger partial charge in [0, 0.05) is 33.3 Å². The first-order valence-electron chi connectivity index (χ1n) is 9.20. The number of hydrogen-bond donors (Lipinski definition) is 2. The first-order valence-corrected chi connectivity index (χ1v) is 9.20. The van der Waals surface area contributed by atoms with Crippen LogP contribution >= 0.6 is 0 Å². The first kappa shape index (κ1) is 19.3. The molecule has 146 valence electrons. The minimum Gasteiger partial charge on any atom is -0.383 e. The van der Waals surface area contributed by atoms with Crippen LogP contribution in [-0.4, -0.2) is 73.1 Å². The molecule has 27 heavy (non-hydrogen) atoms. The second-order valence-corrected chi connectivity index (χ2v) is 7.01. The monoisotopic (exact) mass is 374 g/mol. The number of piperidine rings is 1. The lowest BCUT2D eigenvalue weighted by atomic mass is 9.87. The molecule has 2 aliphatic rings. The molecule has 1 spiro atoms. The van der Waals surface area contributed by atoms with Crippen LogP contribution in [0.3, 0.4) is 0 Å². The maximum atomic E-state index is 12.8. The summed E-state index contributed by atoms with van der Waals surface area (Å²) in [6, 6.07) is 9.68. The molecule has 2 heterocycles. The van der Waals surface area contributed by atoms with Crippen molar-refractivity contribution in [3.63, 3.8) is 0 Å². The molecule has 0 bridgehead atoms. The lowest BCUT2D eigenvalue weighted by molar-refractivity contribution is -0.136. The SMILES string of the molecule is COCCNC(=O)CN1C(=O)NC2(CCN(Cc3ccccc3)CC2)C1=O. The minimum atomic E-state index is -0.878. The van der Waals surface area contributed by atoms with E-state index in [1.54, 1.807) is 0 Å². The van der Waals surface area contributed by atoms with E-state index in [0.29, 0.717) is 26.0 Å². The molecule has 2 saturated heterocycles. The number of rotatable bonds is 7. The van der Waals surface area contributed by atoms with Crippen molar-refractivity contribution in [1.82, 2.24) is 20.4 Å². The van der Waals surface area contributed by atoms with Crippen LogP contribution in [0.4, 0.5) is 4.79 Å². The van der Waals surface area contributed by atoms with Crippen LogP contribution in [0.1, 0.15) is 18.4 Å². The Hall–Kier alpha value is -2.45. The molecule has 8 nitrogen and oxygen atoms in total. The molecular formula is C19H26N4O4. The van der Waals surface area contributed by atoms with Crippen molar-refractivity contribution >= 4 is 17.8 Å². The third-order valence-electron chi connectivity index (χ3n) is 5.13. The van der Waals surface area contributed by atoms with Crippen LogP contribution in [0.25, 0.3) is 0 Å². The highest BCUT2D eigenvalue weighted by molar-refractivity contribution is 6.09. The molecule has 2 N–H and O–H groups in total. The van der Waals surface area contributed by atoms with Crippen LogP contribution < -0.4 is 10.6 Å². The summed E-state index contributed by atoms with van der Waals surface area (Å²) in [5, 5.41) is 5.46. The van der Waals surface area contributed by atoms with Gasteiger partial charge in [0.05, 0.1) is 6.61 Å². The molecule has 4 amide bonds. The topological polar surface area (TPSA) is 91.0 Å². The summed E-state index contributed by atoms with van der Waals surface area (Å²) < 4.78 is 4.87. The van der Waals surface area contributed by atoms with Gasteiger partial charge >= 0.3 is 6.03 Å². The smallest absolute Gasteiger partial charge is 0.325 e. The highest BCUT2D eigenvalue weighted by Gasteiger charge is 2.52. The molecule has 2 aliphatic heterocycles. The van der Waals surface area contributed by atoms with E-state index in [9.17, 15) is 14.4 Å². The summed E-state index contributed by atoms with van der Waals surface area (Å²) >= 11 is 0. The Bertz CT molecular complexity index is 686. The fraction of sp³-hybridized carbons (Fsp3) is 0.526. The van der Waals surface area contributed by atoms with E-state index in [2.05, 4.69) is 27.7 Å². The van der Waals surface area contributed by atoms with E-state index < -0.39 is 11.6 Å². The zero-order valence-electron chi connectivity index (χ0n) is 15.6. The third-order valence-corrected chi connectivity index (χ3v) is 5.13. The molecule has 0 radical (unpaired) electrons. The average Bonchev–Trinajstić information content (AvgIpc) is 2.89. The normalized spacial score (nSPS) is 19.4. The van der Waals surface area contributed by atoms with Gasteiger partial charge in [0.25, 0.3) is 5.91 Å². The van der Waals surface area contributed by atoms with Gasteiger partial charge in [-0.3, -0.25) is 19.4 Å². The standard InChI is InChI=1S/C19H26N4O4/c1-27-12-9-20-16(24)14-23-17(25)19(21-18(23)26)7-10-22(11-8-19)13-15-5-3-2-4-6-15/h2-6H,7-14H2,1H3,(H,20,24)(H,21,26). The minimum absolute atomic E-state index is 0.260. The zero-order valence-corrected chi connectivity index (χ0v) is 15.6. The van der Waals surface area contributed by atoms with Gasteiger partial charge in [-0.2, -0.15) is 0 Å². The van der Waals surface area contributed by atoms with E-state index in [-0.39, 0.29) is 18.4 Å². The quantitative estimate of drug-likeness (QED) is 0.530. The van der Waals surface area contributed by atoms with Crippen molar-refractivity contribution in [2.75, 3.05) is 39.9 Å². The highest BCUT2D eigenvalue weighted by atomic mass is 16.5. The van der Waals surface area contributed by atoms with Crippen LogP contribution in [0.5, 0.6) is 0 Å². The van der Waals surface area contributed by atoms with Gasteiger partial charge in [-0.05, 0) is 18.4 Å². The summed E-state index contributed by atoms with van der Waals surface area (Å²) in [7, 11) is 1.54. The van der Waals surface area contributed by atoms with Crippen LogP contribution in [0, 0.1) is 0 Å². The number of carbonyl (C=O) groups is 3. The first-order chi connectivity index (χ1) is 13.0. The number of nitrogens with one attached hydrogen (secondary N) is 2. The van der Waals surface area contributed by atoms with E-state index in [1.807, 2.05) is 18.2 Å². The van der Waals surface area contributed by atoms with Gasteiger partial charge in [-0.25, -0.2) is 4.79 Å². The van der Waals surface area contributed by atoms with Crippen LogP contribution in [0.2, 0.25) is 0 Å². The molecule has 0 atom stereocenters. The number of likely N-dealkylation sites (tertiary alicyclic amines) is 1. The highest BCUT2D eigenvalue weighted by Crippen LogP contribution is 2.30. The van der Waals surface area contributed by atoms with Crippen molar-refractivity contribution in [3.8, 4) is 0 Å². The fourth-order valence-corrected chi connectivity index (χ4v) is 3.59. The predicted molar refractivity (Wildman–Crippen MR) is 98.8 cm³/mol. The molecule has 0 aliphatic carbocycles. The number of benzene rings is 1. The molecule has 0 aromatic heterocycles. The van der Waals surface area contributed by atoms with Crippen LogP contribution in [0.15, 0.2) is 30.3 Å². The summed E-state index contributed by atoms with van der Waals surface area (Å²) in [6.07, 6.45) is 1.10. The Kier molecular flexibility index (Phi) is 6.08.